The van der Waals surface area contributed by atoms with E-state index in [1.807, 2.05) is 11.3 Å². The lowest BCUT2D eigenvalue weighted by atomic mass is 10.1. The molecule has 0 aliphatic carbocycles. The predicted molar refractivity (Wildman–Crippen MR) is 222 cm³/mol. The summed E-state index contributed by atoms with van der Waals surface area (Å²) in [7, 11) is 0. The molecular formula is C46H26N4S2. The molecule has 0 amide bonds. The second-order valence-electron chi connectivity index (χ2n) is 13.4. The van der Waals surface area contributed by atoms with E-state index in [9.17, 15) is 0 Å². The first-order valence-electron chi connectivity index (χ1n) is 17.4. The number of thiophene rings is 2. The van der Waals surface area contributed by atoms with E-state index in [1.165, 1.54) is 78.9 Å². The number of hydrogen-bond acceptors (Lipinski definition) is 4. The van der Waals surface area contributed by atoms with Gasteiger partial charge in [0, 0.05) is 42.7 Å². The summed E-state index contributed by atoms with van der Waals surface area (Å²) >= 11 is 3.60. The molecule has 0 saturated carbocycles. The summed E-state index contributed by atoms with van der Waals surface area (Å²) in [6.45, 7) is 0. The molecule has 6 aromatic carbocycles. The minimum absolute atomic E-state index is 0.884. The van der Waals surface area contributed by atoms with Crippen LogP contribution in [0.2, 0.25) is 0 Å². The summed E-state index contributed by atoms with van der Waals surface area (Å²) in [5.41, 5.74) is 11.0. The monoisotopic (exact) mass is 698 g/mol. The lowest BCUT2D eigenvalue weighted by molar-refractivity contribution is 1.19. The van der Waals surface area contributed by atoms with E-state index in [2.05, 4.69) is 167 Å². The van der Waals surface area contributed by atoms with Gasteiger partial charge in [-0.2, -0.15) is 0 Å². The Morgan fingerprint density at radius 3 is 1.44 bits per heavy atom. The Kier molecular flexibility index (Phi) is 5.78. The molecule has 0 fully saturated rings. The highest BCUT2D eigenvalue weighted by molar-refractivity contribution is 7.26. The van der Waals surface area contributed by atoms with Crippen molar-refractivity contribution in [2.75, 3.05) is 0 Å². The van der Waals surface area contributed by atoms with E-state index >= 15 is 0 Å². The molecule has 6 heteroatoms. The normalized spacial score (nSPS) is 12.2. The van der Waals surface area contributed by atoms with Gasteiger partial charge in [-0.1, -0.05) is 84.9 Å². The zero-order chi connectivity index (χ0) is 33.9. The molecule has 12 rings (SSSR count). The molecular weight excluding hydrogens is 673 g/mol. The summed E-state index contributed by atoms with van der Waals surface area (Å²) in [5.74, 6) is 0. The van der Waals surface area contributed by atoms with Crippen molar-refractivity contribution in [1.82, 2.24) is 19.1 Å². The van der Waals surface area contributed by atoms with Crippen LogP contribution in [-0.4, -0.2) is 19.1 Å². The van der Waals surface area contributed by atoms with Crippen molar-refractivity contribution in [3.8, 4) is 22.8 Å². The zero-order valence-corrected chi connectivity index (χ0v) is 29.2. The number of hydrogen-bond donors (Lipinski definition) is 0. The SMILES string of the molecule is c1cc(-n2c3ccccc3c3ccccc32)c2sc3ccc(-c4ccc5sc6ccc(-n7c8ccccc8c8ccccc87)cc6c5n4)nc3c2c1. The number of para-hydroxylation sites is 4. The number of nitrogens with zero attached hydrogens (tertiary/aromatic N) is 4. The first-order valence-corrected chi connectivity index (χ1v) is 19.0. The van der Waals surface area contributed by atoms with Gasteiger partial charge in [-0.25, -0.2) is 9.97 Å². The number of aromatic nitrogens is 4. The first-order chi connectivity index (χ1) is 25.8. The Hall–Kier alpha value is -6.34. The van der Waals surface area contributed by atoms with Gasteiger partial charge in [0.05, 0.1) is 64.3 Å². The average Bonchev–Trinajstić information content (AvgIpc) is 3.95. The van der Waals surface area contributed by atoms with Crippen LogP contribution < -0.4 is 0 Å². The van der Waals surface area contributed by atoms with E-state index in [0.29, 0.717) is 0 Å². The van der Waals surface area contributed by atoms with Gasteiger partial charge in [-0.05, 0) is 72.8 Å². The zero-order valence-electron chi connectivity index (χ0n) is 27.6. The molecule has 0 N–H and O–H groups in total. The van der Waals surface area contributed by atoms with E-state index in [1.54, 1.807) is 11.3 Å². The van der Waals surface area contributed by atoms with E-state index in [4.69, 9.17) is 9.97 Å². The Balaban J connectivity index is 1.02. The standard InChI is InChI=1S/C46H26N4S2/c1-5-15-36-28(10-1)29-11-2-6-16-37(29)49(36)27-20-23-41-33(26-27)45-42(51-41)24-21-35(48-45)34-22-25-43-44(47-34)32-14-9-19-40(46(32)52-43)50-38-17-7-3-12-30(38)31-13-4-8-18-39(31)50/h1-26H. The van der Waals surface area contributed by atoms with Crippen molar-refractivity contribution in [2.45, 2.75) is 0 Å². The summed E-state index contributed by atoms with van der Waals surface area (Å²) in [6, 6.07) is 56.8. The molecule has 242 valence electrons. The fourth-order valence-electron chi connectivity index (χ4n) is 8.27. The molecule has 0 spiro atoms. The van der Waals surface area contributed by atoms with Gasteiger partial charge in [0.1, 0.15) is 0 Å². The Morgan fingerprint density at radius 1 is 0.365 bits per heavy atom. The fourth-order valence-corrected chi connectivity index (χ4v) is 10.4. The van der Waals surface area contributed by atoms with E-state index < -0.39 is 0 Å². The maximum atomic E-state index is 5.32. The highest BCUT2D eigenvalue weighted by Crippen LogP contribution is 2.42. The lowest BCUT2D eigenvalue weighted by Gasteiger charge is -2.09. The number of rotatable bonds is 3. The Bertz CT molecular complexity index is 3310. The topological polar surface area (TPSA) is 35.6 Å². The van der Waals surface area contributed by atoms with Gasteiger partial charge in [-0.3, -0.25) is 0 Å². The quantitative estimate of drug-likeness (QED) is 0.184. The molecule has 0 radical (unpaired) electrons. The molecule has 0 bridgehead atoms. The molecule has 0 aliphatic rings. The van der Waals surface area contributed by atoms with Crippen molar-refractivity contribution >= 4 is 107 Å². The predicted octanol–water partition coefficient (Wildman–Crippen LogP) is 13.1. The van der Waals surface area contributed by atoms with Gasteiger partial charge < -0.3 is 9.13 Å². The largest absolute Gasteiger partial charge is 0.309 e. The minimum atomic E-state index is 0.884. The van der Waals surface area contributed by atoms with Crippen LogP contribution in [0.5, 0.6) is 0 Å². The molecule has 6 heterocycles. The van der Waals surface area contributed by atoms with Crippen LogP contribution in [0.15, 0.2) is 158 Å². The van der Waals surface area contributed by atoms with Crippen LogP contribution in [0, 0.1) is 0 Å². The number of pyridine rings is 2. The highest BCUT2D eigenvalue weighted by Gasteiger charge is 2.18. The minimum Gasteiger partial charge on any atom is -0.309 e. The molecule has 6 aromatic heterocycles. The van der Waals surface area contributed by atoms with Crippen LogP contribution in [0.4, 0.5) is 0 Å². The third kappa shape index (κ3) is 3.90. The van der Waals surface area contributed by atoms with Gasteiger partial charge in [0.2, 0.25) is 0 Å². The van der Waals surface area contributed by atoms with Crippen molar-refractivity contribution in [1.29, 1.82) is 0 Å². The molecule has 52 heavy (non-hydrogen) atoms. The summed E-state index contributed by atoms with van der Waals surface area (Å²) < 4.78 is 9.60. The van der Waals surface area contributed by atoms with Crippen molar-refractivity contribution in [2.24, 2.45) is 0 Å². The van der Waals surface area contributed by atoms with Crippen LogP contribution >= 0.6 is 22.7 Å². The maximum Gasteiger partial charge on any atom is 0.0897 e. The van der Waals surface area contributed by atoms with Gasteiger partial charge in [-0.15, -0.1) is 22.7 Å². The summed E-state index contributed by atoms with van der Waals surface area (Å²) in [5, 5.41) is 7.39. The lowest BCUT2D eigenvalue weighted by Crippen LogP contribution is -1.93. The van der Waals surface area contributed by atoms with Crippen molar-refractivity contribution in [3.05, 3.63) is 158 Å². The molecule has 0 unspecified atom stereocenters. The number of benzene rings is 6. The van der Waals surface area contributed by atoms with Crippen LogP contribution in [-0.2, 0) is 0 Å². The van der Waals surface area contributed by atoms with Crippen LogP contribution in [0.3, 0.4) is 0 Å². The Morgan fingerprint density at radius 2 is 0.846 bits per heavy atom. The molecule has 12 aromatic rings. The average molecular weight is 699 g/mol. The Labute approximate surface area is 305 Å². The maximum absolute atomic E-state index is 5.32. The molecule has 0 aliphatic heterocycles. The van der Waals surface area contributed by atoms with E-state index in [-0.39, 0.29) is 0 Å². The molecule has 4 nitrogen and oxygen atoms in total. The second kappa shape index (κ2) is 10.6. The van der Waals surface area contributed by atoms with Crippen LogP contribution in [0.1, 0.15) is 0 Å². The third-order valence-electron chi connectivity index (χ3n) is 10.5. The second-order valence-corrected chi connectivity index (χ2v) is 15.5. The molecule has 0 atom stereocenters. The fraction of sp³-hybridized carbons (Fsp3) is 0. The third-order valence-corrected chi connectivity index (χ3v) is 12.8. The van der Waals surface area contributed by atoms with Gasteiger partial charge in [0.15, 0.2) is 0 Å². The summed E-state index contributed by atoms with van der Waals surface area (Å²) in [6.07, 6.45) is 0. The summed E-state index contributed by atoms with van der Waals surface area (Å²) in [4.78, 5) is 10.6. The van der Waals surface area contributed by atoms with Crippen LogP contribution in [0.25, 0.3) is 107 Å². The molecule has 0 saturated heterocycles. The van der Waals surface area contributed by atoms with Gasteiger partial charge >= 0.3 is 0 Å². The highest BCUT2D eigenvalue weighted by atomic mass is 32.1. The van der Waals surface area contributed by atoms with Crippen molar-refractivity contribution in [3.63, 3.8) is 0 Å². The van der Waals surface area contributed by atoms with E-state index in [0.717, 1.165) is 28.1 Å². The number of fused-ring (bicyclic) bond motifs is 12. The van der Waals surface area contributed by atoms with Gasteiger partial charge in [0.25, 0.3) is 0 Å². The van der Waals surface area contributed by atoms with Crippen molar-refractivity contribution < 1.29 is 0 Å². The smallest absolute Gasteiger partial charge is 0.0897 e. The first kappa shape index (κ1) is 28.4.